The Morgan fingerprint density at radius 1 is 0.943 bits per heavy atom. The number of nitrogens with zero attached hydrogens (tertiary/aromatic N) is 4. The van der Waals surface area contributed by atoms with Crippen molar-refractivity contribution < 1.29 is 9.18 Å². The van der Waals surface area contributed by atoms with Crippen LogP contribution in [0.25, 0.3) is 0 Å². The maximum absolute atomic E-state index is 13.5. The topological polar surface area (TPSA) is 70.0 Å². The van der Waals surface area contributed by atoms with Crippen LogP contribution in [0.1, 0.15) is 39.5 Å². The molecule has 172 valence electrons. The van der Waals surface area contributed by atoms with E-state index in [0.717, 1.165) is 28.1 Å². The van der Waals surface area contributed by atoms with E-state index in [9.17, 15) is 9.18 Å². The first-order chi connectivity index (χ1) is 17.2. The van der Waals surface area contributed by atoms with E-state index in [2.05, 4.69) is 15.5 Å². The van der Waals surface area contributed by atoms with Gasteiger partial charge in [0.05, 0.1) is 23.7 Å². The number of benzene rings is 3. The Morgan fingerprint density at radius 3 is 2.37 bits per heavy atom. The number of hydrogen-bond acceptors (Lipinski definition) is 5. The summed E-state index contributed by atoms with van der Waals surface area (Å²) in [6.07, 6.45) is 5.41. The molecule has 35 heavy (non-hydrogen) atoms. The van der Waals surface area contributed by atoms with Gasteiger partial charge in [0.15, 0.2) is 0 Å². The highest BCUT2D eigenvalue weighted by Crippen LogP contribution is 2.36. The molecule has 1 N–H and O–H groups in total. The van der Waals surface area contributed by atoms with Crippen molar-refractivity contribution in [3.05, 3.63) is 131 Å². The molecule has 1 aliphatic heterocycles. The molecule has 5 rings (SSSR count). The van der Waals surface area contributed by atoms with Crippen LogP contribution in [0.15, 0.2) is 114 Å². The summed E-state index contributed by atoms with van der Waals surface area (Å²) < 4.78 is 13.5. The molecule has 0 saturated carbocycles. The molecule has 6 nitrogen and oxygen atoms in total. The van der Waals surface area contributed by atoms with E-state index >= 15 is 0 Å². The van der Waals surface area contributed by atoms with Gasteiger partial charge in [-0.15, -0.1) is 0 Å². The van der Waals surface area contributed by atoms with Crippen molar-refractivity contribution >= 4 is 23.5 Å². The summed E-state index contributed by atoms with van der Waals surface area (Å²) in [5.41, 5.74) is 7.77. The molecule has 2 heterocycles. The van der Waals surface area contributed by atoms with Gasteiger partial charge >= 0.3 is 0 Å². The highest BCUT2D eigenvalue weighted by molar-refractivity contribution is 6.03. The van der Waals surface area contributed by atoms with Crippen molar-refractivity contribution in [3.63, 3.8) is 0 Å². The molecule has 0 saturated heterocycles. The van der Waals surface area contributed by atoms with Crippen molar-refractivity contribution in [1.82, 2.24) is 10.4 Å². The highest BCUT2D eigenvalue weighted by atomic mass is 19.1. The Morgan fingerprint density at radius 2 is 1.66 bits per heavy atom. The number of amides is 1. The number of pyridine rings is 1. The molecular formula is C28H22FN5O. The Bertz CT molecular complexity index is 1350. The molecule has 0 fully saturated rings. The molecule has 1 unspecified atom stereocenters. The van der Waals surface area contributed by atoms with E-state index in [1.54, 1.807) is 30.7 Å². The van der Waals surface area contributed by atoms with Crippen molar-refractivity contribution in [1.29, 1.82) is 0 Å². The van der Waals surface area contributed by atoms with Crippen LogP contribution >= 0.6 is 0 Å². The summed E-state index contributed by atoms with van der Waals surface area (Å²) >= 11 is 0. The third kappa shape index (κ3) is 5.14. The van der Waals surface area contributed by atoms with E-state index in [-0.39, 0.29) is 17.8 Å². The number of carbonyl (C=O) groups excluding carboxylic acids is 1. The second-order valence-corrected chi connectivity index (χ2v) is 8.06. The van der Waals surface area contributed by atoms with Gasteiger partial charge < -0.3 is 0 Å². The maximum Gasteiger partial charge on any atom is 0.271 e. The van der Waals surface area contributed by atoms with Crippen molar-refractivity contribution in [3.8, 4) is 0 Å². The SMILES string of the molecule is O=C(N/N=C/c1ccc(N2N=C(c3ccccc3)CC2c2ccc(F)cc2)cc1)c1ccncc1. The van der Waals surface area contributed by atoms with Crippen LogP contribution in [-0.4, -0.2) is 22.8 Å². The summed E-state index contributed by atoms with van der Waals surface area (Å²) in [5.74, 6) is -0.565. The van der Waals surface area contributed by atoms with Gasteiger partial charge in [-0.1, -0.05) is 54.6 Å². The highest BCUT2D eigenvalue weighted by Gasteiger charge is 2.29. The lowest BCUT2D eigenvalue weighted by Gasteiger charge is -2.24. The van der Waals surface area contributed by atoms with Crippen molar-refractivity contribution in [2.75, 3.05) is 5.01 Å². The Hall–Kier alpha value is -4.65. The third-order valence-corrected chi connectivity index (χ3v) is 5.75. The quantitative estimate of drug-likeness (QED) is 0.310. The van der Waals surface area contributed by atoms with Gasteiger partial charge in [0.2, 0.25) is 0 Å². The van der Waals surface area contributed by atoms with Gasteiger partial charge in [-0.05, 0) is 53.1 Å². The lowest BCUT2D eigenvalue weighted by atomic mass is 9.98. The number of halogens is 1. The fraction of sp³-hybridized carbons (Fsp3) is 0.0714. The van der Waals surface area contributed by atoms with Crippen LogP contribution in [0.2, 0.25) is 0 Å². The van der Waals surface area contributed by atoms with Gasteiger partial charge in [-0.2, -0.15) is 10.2 Å². The van der Waals surface area contributed by atoms with Crippen LogP contribution in [0.3, 0.4) is 0 Å². The molecule has 0 spiro atoms. The summed E-state index contributed by atoms with van der Waals surface area (Å²) in [6.45, 7) is 0. The predicted octanol–water partition coefficient (Wildman–Crippen LogP) is 5.34. The number of aromatic nitrogens is 1. The minimum atomic E-state index is -0.303. The zero-order valence-corrected chi connectivity index (χ0v) is 18.8. The third-order valence-electron chi connectivity index (χ3n) is 5.75. The summed E-state index contributed by atoms with van der Waals surface area (Å²) in [6, 6.07) is 27.6. The lowest BCUT2D eigenvalue weighted by molar-refractivity contribution is 0.0955. The van der Waals surface area contributed by atoms with Crippen molar-refractivity contribution in [2.45, 2.75) is 12.5 Å². The van der Waals surface area contributed by atoms with Crippen molar-refractivity contribution in [2.24, 2.45) is 10.2 Å². The van der Waals surface area contributed by atoms with Gasteiger partial charge in [-0.25, -0.2) is 9.82 Å². The normalized spacial score (nSPS) is 15.3. The number of hydrogen-bond donors (Lipinski definition) is 1. The minimum absolute atomic E-state index is 0.0510. The second-order valence-electron chi connectivity index (χ2n) is 8.06. The summed E-state index contributed by atoms with van der Waals surface area (Å²) in [4.78, 5) is 16.0. The summed E-state index contributed by atoms with van der Waals surface area (Å²) in [5, 5.41) is 10.9. The zero-order valence-electron chi connectivity index (χ0n) is 18.8. The van der Waals surface area contributed by atoms with Crippen LogP contribution in [0.4, 0.5) is 10.1 Å². The summed E-state index contributed by atoms with van der Waals surface area (Å²) in [7, 11) is 0. The first-order valence-corrected chi connectivity index (χ1v) is 11.2. The number of carbonyl (C=O) groups is 1. The molecule has 0 bridgehead atoms. The first kappa shape index (κ1) is 22.2. The Labute approximate surface area is 202 Å². The van der Waals surface area contributed by atoms with Crippen LogP contribution < -0.4 is 10.4 Å². The molecule has 0 aliphatic carbocycles. The maximum atomic E-state index is 13.5. The molecule has 1 amide bonds. The monoisotopic (exact) mass is 463 g/mol. The molecule has 3 aromatic carbocycles. The van der Waals surface area contributed by atoms with Crippen LogP contribution in [-0.2, 0) is 0 Å². The van der Waals surface area contributed by atoms with E-state index in [4.69, 9.17) is 5.10 Å². The largest absolute Gasteiger partial charge is 0.271 e. The van der Waals surface area contributed by atoms with Gasteiger partial charge in [0, 0.05) is 24.4 Å². The van der Waals surface area contributed by atoms with Crippen LogP contribution in [0, 0.1) is 5.82 Å². The van der Waals surface area contributed by atoms with E-state index in [1.165, 1.54) is 12.1 Å². The minimum Gasteiger partial charge on any atom is -0.267 e. The molecular weight excluding hydrogens is 441 g/mol. The van der Waals surface area contributed by atoms with E-state index in [1.807, 2.05) is 71.7 Å². The number of rotatable bonds is 6. The van der Waals surface area contributed by atoms with Gasteiger partial charge in [-0.3, -0.25) is 14.8 Å². The molecule has 1 aliphatic rings. The fourth-order valence-electron chi connectivity index (χ4n) is 3.94. The fourth-order valence-corrected chi connectivity index (χ4v) is 3.94. The van der Waals surface area contributed by atoms with E-state index < -0.39 is 0 Å². The molecule has 4 aromatic rings. The standard InChI is InChI=1S/C28H22FN5O/c29-24-10-8-22(9-11-24)27-18-26(21-4-2-1-3-5-21)33-34(27)25-12-6-20(7-13-25)19-31-32-28(35)23-14-16-30-17-15-23/h1-17,19,27H,18H2,(H,32,35)/b31-19+. The number of anilines is 1. The van der Waals surface area contributed by atoms with Crippen LogP contribution in [0.5, 0.6) is 0 Å². The average molecular weight is 464 g/mol. The predicted molar refractivity (Wildman–Crippen MR) is 135 cm³/mol. The lowest BCUT2D eigenvalue weighted by Crippen LogP contribution is -2.18. The first-order valence-electron chi connectivity index (χ1n) is 11.2. The molecule has 1 aromatic heterocycles. The average Bonchev–Trinajstić information content (AvgIpc) is 3.36. The Kier molecular flexibility index (Phi) is 6.39. The van der Waals surface area contributed by atoms with Gasteiger partial charge in [0.25, 0.3) is 5.91 Å². The zero-order chi connectivity index (χ0) is 24.0. The van der Waals surface area contributed by atoms with Gasteiger partial charge in [0.1, 0.15) is 5.82 Å². The molecule has 0 radical (unpaired) electrons. The Balaban J connectivity index is 1.35. The number of hydrazone groups is 2. The van der Waals surface area contributed by atoms with E-state index in [0.29, 0.717) is 12.0 Å². The molecule has 7 heteroatoms. The number of nitrogens with one attached hydrogen (secondary N) is 1. The molecule has 1 atom stereocenters. The smallest absolute Gasteiger partial charge is 0.267 e. The second kappa shape index (κ2) is 10.1.